The Morgan fingerprint density at radius 3 is 2.60 bits per heavy atom. The fraction of sp³-hybridized carbons (Fsp3) is 0. The van der Waals surface area contributed by atoms with E-state index in [0.717, 1.165) is 10.9 Å². The Kier molecular flexibility index (Phi) is 3.70. The van der Waals surface area contributed by atoms with E-state index in [2.05, 4.69) is 20.3 Å². The maximum absolute atomic E-state index is 14.1. The number of benzene rings is 2. The lowest BCUT2D eigenvalue weighted by Gasteiger charge is -2.12. The summed E-state index contributed by atoms with van der Waals surface area (Å²) in [5, 5.41) is 3.81. The molecular weight excluding hydrogens is 317 g/mol. The summed E-state index contributed by atoms with van der Waals surface area (Å²) in [4.78, 5) is 13.4. The van der Waals surface area contributed by atoms with E-state index < -0.39 is 5.82 Å². The van der Waals surface area contributed by atoms with E-state index >= 15 is 0 Å². The summed E-state index contributed by atoms with van der Waals surface area (Å²) in [6.45, 7) is 0. The molecule has 3 N–H and O–H groups in total. The summed E-state index contributed by atoms with van der Waals surface area (Å²) < 4.78 is 14.1. The first-order valence-electron chi connectivity index (χ1n) is 7.71. The van der Waals surface area contributed by atoms with Crippen LogP contribution < -0.4 is 11.1 Å². The predicted molar refractivity (Wildman–Crippen MR) is 96.9 cm³/mol. The van der Waals surface area contributed by atoms with Gasteiger partial charge >= 0.3 is 0 Å². The maximum atomic E-state index is 14.1. The number of fused-ring (bicyclic) bond motifs is 1. The van der Waals surface area contributed by atoms with E-state index in [1.807, 2.05) is 42.5 Å². The molecule has 0 fully saturated rings. The van der Waals surface area contributed by atoms with E-state index in [1.54, 1.807) is 6.20 Å². The van der Waals surface area contributed by atoms with Crippen molar-refractivity contribution in [1.82, 2.24) is 15.0 Å². The molecule has 0 unspecified atom stereocenters. The number of aromatic nitrogens is 3. The van der Waals surface area contributed by atoms with Gasteiger partial charge in [-0.2, -0.15) is 0 Å². The van der Waals surface area contributed by atoms with Gasteiger partial charge in [-0.1, -0.05) is 18.2 Å². The molecule has 0 radical (unpaired) electrons. The van der Waals surface area contributed by atoms with Crippen LogP contribution >= 0.6 is 0 Å². The van der Waals surface area contributed by atoms with E-state index in [4.69, 9.17) is 5.73 Å². The molecule has 0 aliphatic heterocycles. The van der Waals surface area contributed by atoms with Crippen molar-refractivity contribution in [3.8, 4) is 11.5 Å². The number of halogens is 1. The molecule has 2 aromatic heterocycles. The Morgan fingerprint density at radius 1 is 0.920 bits per heavy atom. The molecule has 2 heterocycles. The van der Waals surface area contributed by atoms with Gasteiger partial charge in [-0.25, -0.2) is 14.4 Å². The lowest BCUT2D eigenvalue weighted by molar-refractivity contribution is 0.632. The standard InChI is InChI=1S/C19H14FN5/c20-14-9-8-12(21)11-17(14)24-18-13-5-1-2-6-15(13)23-19(25-18)16-7-3-4-10-22-16/h1-11H,21H2,(H,23,24,25). The van der Waals surface area contributed by atoms with Gasteiger partial charge in [-0.15, -0.1) is 0 Å². The molecule has 5 nitrogen and oxygen atoms in total. The summed E-state index contributed by atoms with van der Waals surface area (Å²) in [6.07, 6.45) is 1.68. The highest BCUT2D eigenvalue weighted by atomic mass is 19.1. The van der Waals surface area contributed by atoms with Crippen LogP contribution in [0.5, 0.6) is 0 Å². The Balaban J connectivity index is 1.88. The Hall–Kier alpha value is -3.54. The maximum Gasteiger partial charge on any atom is 0.180 e. The molecule has 0 aliphatic carbocycles. The zero-order valence-electron chi connectivity index (χ0n) is 13.1. The molecule has 0 saturated heterocycles. The number of nitrogens with zero attached hydrogens (tertiary/aromatic N) is 3. The molecule has 2 aromatic carbocycles. The van der Waals surface area contributed by atoms with Gasteiger partial charge in [0.15, 0.2) is 5.82 Å². The van der Waals surface area contributed by atoms with Gasteiger partial charge in [0.05, 0.1) is 11.2 Å². The van der Waals surface area contributed by atoms with Gasteiger partial charge in [0.1, 0.15) is 17.3 Å². The third-order valence-corrected chi connectivity index (χ3v) is 3.74. The summed E-state index contributed by atoms with van der Waals surface area (Å²) in [5.41, 5.74) is 7.87. The van der Waals surface area contributed by atoms with E-state index in [-0.39, 0.29) is 5.69 Å². The van der Waals surface area contributed by atoms with Gasteiger partial charge in [0, 0.05) is 17.3 Å². The van der Waals surface area contributed by atoms with Gasteiger partial charge in [0.2, 0.25) is 0 Å². The van der Waals surface area contributed by atoms with Gasteiger partial charge in [0.25, 0.3) is 0 Å². The largest absolute Gasteiger partial charge is 0.399 e. The van der Waals surface area contributed by atoms with Crippen LogP contribution in [0.1, 0.15) is 0 Å². The first kappa shape index (κ1) is 15.0. The molecule has 122 valence electrons. The lowest BCUT2D eigenvalue weighted by Crippen LogP contribution is -2.02. The van der Waals surface area contributed by atoms with Crippen LogP contribution in [-0.2, 0) is 0 Å². The molecule has 6 heteroatoms. The van der Waals surface area contributed by atoms with E-state index in [1.165, 1.54) is 18.2 Å². The lowest BCUT2D eigenvalue weighted by atomic mass is 10.2. The van der Waals surface area contributed by atoms with Crippen LogP contribution in [0.25, 0.3) is 22.4 Å². The number of hydrogen-bond acceptors (Lipinski definition) is 5. The van der Waals surface area contributed by atoms with Crippen molar-refractivity contribution >= 4 is 28.1 Å². The summed E-state index contributed by atoms with van der Waals surface area (Å²) in [7, 11) is 0. The SMILES string of the molecule is Nc1ccc(F)c(Nc2nc(-c3ccccn3)nc3ccccc23)c1. The van der Waals surface area contributed by atoms with Crippen LogP contribution in [0.2, 0.25) is 0 Å². The van der Waals surface area contributed by atoms with Gasteiger partial charge in [-0.3, -0.25) is 4.98 Å². The molecule has 0 saturated carbocycles. The smallest absolute Gasteiger partial charge is 0.180 e. The second-order valence-electron chi connectivity index (χ2n) is 5.49. The van der Waals surface area contributed by atoms with Gasteiger partial charge in [-0.05, 0) is 42.5 Å². The zero-order valence-corrected chi connectivity index (χ0v) is 13.1. The molecule has 4 aromatic rings. The summed E-state index contributed by atoms with van der Waals surface area (Å²) in [6, 6.07) is 17.4. The minimum Gasteiger partial charge on any atom is -0.399 e. The summed E-state index contributed by atoms with van der Waals surface area (Å²) in [5.74, 6) is 0.554. The van der Waals surface area contributed by atoms with Crippen molar-refractivity contribution < 1.29 is 4.39 Å². The topological polar surface area (TPSA) is 76.7 Å². The fourth-order valence-corrected chi connectivity index (χ4v) is 2.55. The number of nitrogen functional groups attached to an aromatic ring is 1. The highest BCUT2D eigenvalue weighted by Gasteiger charge is 2.12. The normalized spacial score (nSPS) is 10.8. The molecule has 0 spiro atoms. The van der Waals surface area contributed by atoms with E-state index in [9.17, 15) is 4.39 Å². The molecular formula is C19H14FN5. The number of hydrogen-bond donors (Lipinski definition) is 2. The third-order valence-electron chi connectivity index (χ3n) is 3.74. The van der Waals surface area contributed by atoms with Gasteiger partial charge < -0.3 is 11.1 Å². The van der Waals surface area contributed by atoms with Crippen molar-refractivity contribution in [2.75, 3.05) is 11.1 Å². The number of nitrogens with two attached hydrogens (primary N) is 1. The van der Waals surface area contributed by atoms with Crippen molar-refractivity contribution in [2.45, 2.75) is 0 Å². The molecule has 4 rings (SSSR count). The Morgan fingerprint density at radius 2 is 1.76 bits per heavy atom. The Labute approximate surface area is 143 Å². The first-order valence-corrected chi connectivity index (χ1v) is 7.71. The van der Waals surface area contributed by atoms with E-state index in [0.29, 0.717) is 23.0 Å². The highest BCUT2D eigenvalue weighted by molar-refractivity contribution is 5.92. The van der Waals surface area contributed by atoms with Crippen LogP contribution in [0.3, 0.4) is 0 Å². The average molecular weight is 331 g/mol. The predicted octanol–water partition coefficient (Wildman–Crippen LogP) is 4.16. The average Bonchev–Trinajstić information content (AvgIpc) is 2.65. The van der Waals surface area contributed by atoms with Crippen molar-refractivity contribution in [1.29, 1.82) is 0 Å². The zero-order chi connectivity index (χ0) is 17.2. The quantitative estimate of drug-likeness (QED) is 0.551. The monoisotopic (exact) mass is 331 g/mol. The van der Waals surface area contributed by atoms with Crippen LogP contribution in [0.4, 0.5) is 21.6 Å². The summed E-state index contributed by atoms with van der Waals surface area (Å²) >= 11 is 0. The minimum absolute atomic E-state index is 0.260. The van der Waals surface area contributed by atoms with Crippen LogP contribution in [0.15, 0.2) is 66.9 Å². The molecule has 0 aliphatic rings. The second-order valence-corrected chi connectivity index (χ2v) is 5.49. The number of pyridine rings is 1. The van der Waals surface area contributed by atoms with Crippen molar-refractivity contribution in [3.63, 3.8) is 0 Å². The molecule has 0 bridgehead atoms. The van der Waals surface area contributed by atoms with Crippen LogP contribution in [0, 0.1) is 5.82 Å². The molecule has 25 heavy (non-hydrogen) atoms. The minimum atomic E-state index is -0.406. The van der Waals surface area contributed by atoms with Crippen molar-refractivity contribution in [2.24, 2.45) is 0 Å². The number of rotatable bonds is 3. The first-order chi connectivity index (χ1) is 12.2. The second kappa shape index (κ2) is 6.16. The number of anilines is 3. The fourth-order valence-electron chi connectivity index (χ4n) is 2.55. The highest BCUT2D eigenvalue weighted by Crippen LogP contribution is 2.28. The number of para-hydroxylation sites is 1. The van der Waals surface area contributed by atoms with Crippen molar-refractivity contribution in [3.05, 3.63) is 72.7 Å². The Bertz CT molecular complexity index is 1050. The third kappa shape index (κ3) is 2.97. The molecule has 0 atom stereocenters. The molecule has 0 amide bonds. The van der Waals surface area contributed by atoms with Crippen LogP contribution in [-0.4, -0.2) is 15.0 Å². The number of nitrogens with one attached hydrogen (secondary N) is 1.